The van der Waals surface area contributed by atoms with Crippen LogP contribution >= 0.6 is 11.8 Å². The Labute approximate surface area is 109 Å². The molecule has 2 aliphatic rings. The lowest BCUT2D eigenvalue weighted by molar-refractivity contribution is -0.174. The molecule has 2 rings (SSSR count). The van der Waals surface area contributed by atoms with E-state index in [0.717, 1.165) is 24.3 Å². The minimum absolute atomic E-state index is 0.263. The highest BCUT2D eigenvalue weighted by atomic mass is 32.2. The van der Waals surface area contributed by atoms with Crippen LogP contribution in [0.3, 0.4) is 0 Å². The average molecular weight is 284 g/mol. The van der Waals surface area contributed by atoms with Gasteiger partial charge in [0.25, 0.3) is 0 Å². The molecule has 2 unspecified atom stereocenters. The van der Waals surface area contributed by atoms with E-state index in [0.29, 0.717) is 19.4 Å². The van der Waals surface area contributed by atoms with Gasteiger partial charge in [0, 0.05) is 6.61 Å². The first kappa shape index (κ1) is 14.5. The first-order valence-corrected chi connectivity index (χ1v) is 7.52. The molecule has 1 N–H and O–H groups in total. The van der Waals surface area contributed by atoms with Crippen molar-refractivity contribution in [3.63, 3.8) is 0 Å². The summed E-state index contributed by atoms with van der Waals surface area (Å²) in [4.78, 5) is 0. The highest BCUT2D eigenvalue weighted by Crippen LogP contribution is 2.42. The smallest absolute Gasteiger partial charge is 0.391 e. The average Bonchev–Trinajstić information content (AvgIpc) is 2.28. The maximum absolute atomic E-state index is 12.3. The van der Waals surface area contributed by atoms with Gasteiger partial charge in [-0.2, -0.15) is 24.9 Å². The topological polar surface area (TPSA) is 29.5 Å². The normalized spacial score (nSPS) is 30.3. The van der Waals surface area contributed by atoms with Crippen molar-refractivity contribution >= 4 is 11.8 Å². The highest BCUT2D eigenvalue weighted by molar-refractivity contribution is 7.99. The van der Waals surface area contributed by atoms with E-state index in [4.69, 9.17) is 4.74 Å². The fraction of sp³-hybridized carbons (Fsp3) is 1.00. The number of halogens is 3. The fourth-order valence-electron chi connectivity index (χ4n) is 2.89. The molecule has 1 spiro atoms. The molecule has 18 heavy (non-hydrogen) atoms. The van der Waals surface area contributed by atoms with E-state index < -0.39 is 18.7 Å². The Hall–Kier alpha value is 0.0600. The second-order valence-electron chi connectivity index (χ2n) is 5.28. The van der Waals surface area contributed by atoms with Crippen molar-refractivity contribution in [2.45, 2.75) is 50.0 Å². The summed E-state index contributed by atoms with van der Waals surface area (Å²) in [5, 5.41) is 9.74. The van der Waals surface area contributed by atoms with Crippen LogP contribution in [-0.2, 0) is 4.74 Å². The maximum atomic E-state index is 12.3. The quantitative estimate of drug-likeness (QED) is 0.845. The van der Waals surface area contributed by atoms with Crippen LogP contribution in [0.15, 0.2) is 0 Å². The standard InChI is InChI=1S/C12H19F3O2S/c13-12(14,15)8-10(16)9-1-4-17-11(7-9)2-5-18-6-3-11/h9-10,16H,1-8H2. The summed E-state index contributed by atoms with van der Waals surface area (Å²) in [7, 11) is 0. The Kier molecular flexibility index (Phi) is 4.49. The van der Waals surface area contributed by atoms with Gasteiger partial charge in [0.2, 0.25) is 0 Å². The molecule has 0 aromatic rings. The first-order chi connectivity index (χ1) is 8.40. The van der Waals surface area contributed by atoms with Crippen LogP contribution in [0.5, 0.6) is 0 Å². The monoisotopic (exact) mass is 284 g/mol. The van der Waals surface area contributed by atoms with Crippen LogP contribution in [0.4, 0.5) is 13.2 Å². The van der Waals surface area contributed by atoms with E-state index in [-0.39, 0.29) is 11.5 Å². The van der Waals surface area contributed by atoms with E-state index in [9.17, 15) is 18.3 Å². The molecule has 0 radical (unpaired) electrons. The van der Waals surface area contributed by atoms with E-state index >= 15 is 0 Å². The molecular weight excluding hydrogens is 265 g/mol. The third-order valence-corrected chi connectivity index (χ3v) is 4.91. The van der Waals surface area contributed by atoms with Crippen molar-refractivity contribution < 1.29 is 23.0 Å². The molecular formula is C12H19F3O2S. The Morgan fingerprint density at radius 2 is 2.00 bits per heavy atom. The molecule has 0 aromatic heterocycles. The van der Waals surface area contributed by atoms with Crippen molar-refractivity contribution in [2.75, 3.05) is 18.1 Å². The Balaban J connectivity index is 1.93. The summed E-state index contributed by atoms with van der Waals surface area (Å²) < 4.78 is 42.7. The molecule has 0 bridgehead atoms. The molecule has 0 saturated carbocycles. The zero-order valence-corrected chi connectivity index (χ0v) is 11.0. The lowest BCUT2D eigenvalue weighted by atomic mass is 9.79. The minimum atomic E-state index is -4.28. The SMILES string of the molecule is OC(CC(F)(F)F)C1CCOC2(CCSCC2)C1. The molecule has 0 aromatic carbocycles. The summed E-state index contributed by atoms with van der Waals surface area (Å²) in [5.41, 5.74) is -0.263. The van der Waals surface area contributed by atoms with E-state index in [1.807, 2.05) is 11.8 Å². The third-order valence-electron chi connectivity index (χ3n) is 3.92. The van der Waals surface area contributed by atoms with Gasteiger partial charge in [-0.3, -0.25) is 0 Å². The Morgan fingerprint density at radius 1 is 1.33 bits per heavy atom. The van der Waals surface area contributed by atoms with Crippen LogP contribution in [0.25, 0.3) is 0 Å². The van der Waals surface area contributed by atoms with Gasteiger partial charge in [-0.1, -0.05) is 0 Å². The zero-order valence-electron chi connectivity index (χ0n) is 10.2. The third kappa shape index (κ3) is 3.78. The molecule has 0 aliphatic carbocycles. The number of ether oxygens (including phenoxy) is 1. The molecule has 106 valence electrons. The van der Waals surface area contributed by atoms with Crippen molar-refractivity contribution in [2.24, 2.45) is 5.92 Å². The zero-order chi connectivity index (χ0) is 13.2. The van der Waals surface area contributed by atoms with Gasteiger partial charge in [-0.15, -0.1) is 0 Å². The lowest BCUT2D eigenvalue weighted by Crippen LogP contribution is -2.46. The molecule has 2 saturated heterocycles. The molecule has 2 nitrogen and oxygen atoms in total. The van der Waals surface area contributed by atoms with Gasteiger partial charge in [0.1, 0.15) is 0 Å². The van der Waals surface area contributed by atoms with Crippen LogP contribution in [0.2, 0.25) is 0 Å². The molecule has 2 heterocycles. The number of hydrogen-bond donors (Lipinski definition) is 1. The minimum Gasteiger partial charge on any atom is -0.392 e. The number of thioether (sulfide) groups is 1. The van der Waals surface area contributed by atoms with Gasteiger partial charge in [-0.05, 0) is 43.1 Å². The molecule has 0 amide bonds. The van der Waals surface area contributed by atoms with Crippen molar-refractivity contribution in [3.05, 3.63) is 0 Å². The molecule has 2 atom stereocenters. The molecule has 2 aliphatic heterocycles. The summed E-state index contributed by atoms with van der Waals surface area (Å²) in [6, 6.07) is 0. The molecule has 6 heteroatoms. The highest BCUT2D eigenvalue weighted by Gasteiger charge is 2.43. The summed E-state index contributed by atoms with van der Waals surface area (Å²) in [5.74, 6) is 1.73. The van der Waals surface area contributed by atoms with Crippen molar-refractivity contribution in [1.29, 1.82) is 0 Å². The largest absolute Gasteiger partial charge is 0.392 e. The van der Waals surface area contributed by atoms with Gasteiger partial charge >= 0.3 is 6.18 Å². The molecule has 2 fully saturated rings. The summed E-state index contributed by atoms with van der Waals surface area (Å²) >= 11 is 1.86. The van der Waals surface area contributed by atoms with E-state index in [1.54, 1.807) is 0 Å². The predicted octanol–water partition coefficient (Wildman–Crippen LogP) is 2.99. The van der Waals surface area contributed by atoms with Crippen molar-refractivity contribution in [1.82, 2.24) is 0 Å². The fourth-order valence-corrected chi connectivity index (χ4v) is 4.13. The van der Waals surface area contributed by atoms with E-state index in [1.165, 1.54) is 0 Å². The Morgan fingerprint density at radius 3 is 2.61 bits per heavy atom. The van der Waals surface area contributed by atoms with Crippen LogP contribution in [0, 0.1) is 5.92 Å². The second kappa shape index (κ2) is 5.59. The van der Waals surface area contributed by atoms with Gasteiger partial charge in [-0.25, -0.2) is 0 Å². The van der Waals surface area contributed by atoms with Gasteiger partial charge in [0.15, 0.2) is 0 Å². The van der Waals surface area contributed by atoms with Crippen LogP contribution in [0.1, 0.15) is 32.1 Å². The second-order valence-corrected chi connectivity index (χ2v) is 6.51. The van der Waals surface area contributed by atoms with Crippen LogP contribution in [-0.4, -0.2) is 41.1 Å². The van der Waals surface area contributed by atoms with Gasteiger partial charge in [0.05, 0.1) is 18.1 Å². The number of aliphatic hydroxyl groups excluding tert-OH is 1. The summed E-state index contributed by atoms with van der Waals surface area (Å²) in [6.45, 7) is 0.476. The van der Waals surface area contributed by atoms with E-state index in [2.05, 4.69) is 0 Å². The number of rotatable bonds is 2. The first-order valence-electron chi connectivity index (χ1n) is 6.37. The van der Waals surface area contributed by atoms with Crippen molar-refractivity contribution in [3.8, 4) is 0 Å². The predicted molar refractivity (Wildman–Crippen MR) is 64.6 cm³/mol. The lowest BCUT2D eigenvalue weighted by Gasteiger charge is -2.44. The van der Waals surface area contributed by atoms with Gasteiger partial charge < -0.3 is 9.84 Å². The number of alkyl halides is 3. The van der Waals surface area contributed by atoms with Crippen LogP contribution < -0.4 is 0 Å². The maximum Gasteiger partial charge on any atom is 0.391 e. The Bertz CT molecular complexity index is 271. The number of hydrogen-bond acceptors (Lipinski definition) is 3. The number of aliphatic hydroxyl groups is 1. The summed E-state index contributed by atoms with van der Waals surface area (Å²) in [6.07, 6.45) is -3.76.